The maximum Gasteiger partial charge on any atom is 0.123 e. The van der Waals surface area contributed by atoms with Crippen molar-refractivity contribution in [2.24, 2.45) is 5.73 Å². The van der Waals surface area contributed by atoms with Crippen molar-refractivity contribution < 1.29 is 4.39 Å². The SMILES string of the molecule is CCCCC[C@H](N)c1cc(F)ccc1C. The van der Waals surface area contributed by atoms with Crippen molar-refractivity contribution in [1.29, 1.82) is 0 Å². The van der Waals surface area contributed by atoms with Crippen molar-refractivity contribution in [3.8, 4) is 0 Å². The van der Waals surface area contributed by atoms with Gasteiger partial charge >= 0.3 is 0 Å². The number of unbranched alkanes of at least 4 members (excludes halogenated alkanes) is 2. The maximum atomic E-state index is 13.0. The molecule has 0 fully saturated rings. The second-order valence-electron chi connectivity index (χ2n) is 4.10. The Morgan fingerprint density at radius 1 is 1.33 bits per heavy atom. The summed E-state index contributed by atoms with van der Waals surface area (Å²) in [5, 5.41) is 0. The summed E-state index contributed by atoms with van der Waals surface area (Å²) in [7, 11) is 0. The van der Waals surface area contributed by atoms with E-state index in [2.05, 4.69) is 6.92 Å². The lowest BCUT2D eigenvalue weighted by Gasteiger charge is -2.14. The highest BCUT2D eigenvalue weighted by molar-refractivity contribution is 5.29. The molecule has 15 heavy (non-hydrogen) atoms. The molecule has 0 amide bonds. The van der Waals surface area contributed by atoms with Crippen molar-refractivity contribution in [1.82, 2.24) is 0 Å². The first-order valence-electron chi connectivity index (χ1n) is 5.66. The molecule has 0 unspecified atom stereocenters. The molecule has 0 saturated heterocycles. The van der Waals surface area contributed by atoms with Crippen LogP contribution in [0.5, 0.6) is 0 Å². The zero-order valence-corrected chi connectivity index (χ0v) is 9.59. The molecule has 0 heterocycles. The van der Waals surface area contributed by atoms with Gasteiger partial charge < -0.3 is 5.73 Å². The van der Waals surface area contributed by atoms with Crippen molar-refractivity contribution in [3.63, 3.8) is 0 Å². The molecule has 2 N–H and O–H groups in total. The van der Waals surface area contributed by atoms with Gasteiger partial charge in [-0.2, -0.15) is 0 Å². The van der Waals surface area contributed by atoms with E-state index in [9.17, 15) is 4.39 Å². The fourth-order valence-electron chi connectivity index (χ4n) is 1.78. The maximum absolute atomic E-state index is 13.0. The molecular formula is C13H20FN. The van der Waals surface area contributed by atoms with Crippen molar-refractivity contribution >= 4 is 0 Å². The Hall–Kier alpha value is -0.890. The average molecular weight is 209 g/mol. The molecule has 0 aromatic heterocycles. The van der Waals surface area contributed by atoms with Gasteiger partial charge in [-0.15, -0.1) is 0 Å². The number of benzene rings is 1. The monoisotopic (exact) mass is 209 g/mol. The Kier molecular flexibility index (Phi) is 4.76. The Morgan fingerprint density at radius 3 is 2.73 bits per heavy atom. The van der Waals surface area contributed by atoms with Crippen LogP contribution < -0.4 is 5.73 Å². The van der Waals surface area contributed by atoms with E-state index in [1.54, 1.807) is 12.1 Å². The van der Waals surface area contributed by atoms with E-state index >= 15 is 0 Å². The van der Waals surface area contributed by atoms with Gasteiger partial charge in [0, 0.05) is 6.04 Å². The topological polar surface area (TPSA) is 26.0 Å². The van der Waals surface area contributed by atoms with E-state index < -0.39 is 0 Å². The Bertz CT molecular complexity index is 309. The van der Waals surface area contributed by atoms with Gasteiger partial charge in [0.25, 0.3) is 0 Å². The average Bonchev–Trinajstić information content (AvgIpc) is 2.22. The van der Waals surface area contributed by atoms with Crippen LogP contribution in [0, 0.1) is 12.7 Å². The number of hydrogen-bond acceptors (Lipinski definition) is 1. The second-order valence-corrected chi connectivity index (χ2v) is 4.10. The zero-order valence-electron chi connectivity index (χ0n) is 9.59. The van der Waals surface area contributed by atoms with Gasteiger partial charge in [0.2, 0.25) is 0 Å². The van der Waals surface area contributed by atoms with Gasteiger partial charge in [-0.3, -0.25) is 0 Å². The molecule has 0 bridgehead atoms. The molecule has 2 heteroatoms. The second kappa shape index (κ2) is 5.86. The Morgan fingerprint density at radius 2 is 2.07 bits per heavy atom. The molecule has 1 rings (SSSR count). The molecule has 0 radical (unpaired) electrons. The minimum atomic E-state index is -0.193. The van der Waals surface area contributed by atoms with Crippen LogP contribution >= 0.6 is 0 Å². The minimum absolute atomic E-state index is 0.0211. The molecule has 1 aromatic carbocycles. The molecule has 0 aliphatic rings. The predicted octanol–water partition coefficient (Wildman–Crippen LogP) is 3.71. The van der Waals surface area contributed by atoms with Gasteiger partial charge in [0.05, 0.1) is 0 Å². The summed E-state index contributed by atoms with van der Waals surface area (Å²) in [6.07, 6.45) is 4.45. The number of rotatable bonds is 5. The summed E-state index contributed by atoms with van der Waals surface area (Å²) in [5.74, 6) is -0.193. The van der Waals surface area contributed by atoms with Gasteiger partial charge in [-0.05, 0) is 36.6 Å². The fourth-order valence-corrected chi connectivity index (χ4v) is 1.78. The summed E-state index contributed by atoms with van der Waals surface area (Å²) >= 11 is 0. The number of aryl methyl sites for hydroxylation is 1. The van der Waals surface area contributed by atoms with Crippen LogP contribution in [0.15, 0.2) is 18.2 Å². The lowest BCUT2D eigenvalue weighted by Crippen LogP contribution is -2.12. The van der Waals surface area contributed by atoms with E-state index in [1.165, 1.54) is 18.9 Å². The van der Waals surface area contributed by atoms with E-state index in [0.717, 1.165) is 24.0 Å². The van der Waals surface area contributed by atoms with Crippen LogP contribution in [0.2, 0.25) is 0 Å². The Labute approximate surface area is 91.5 Å². The van der Waals surface area contributed by atoms with Crippen molar-refractivity contribution in [2.75, 3.05) is 0 Å². The van der Waals surface area contributed by atoms with E-state index in [1.807, 2.05) is 6.92 Å². The quantitative estimate of drug-likeness (QED) is 0.735. The highest BCUT2D eigenvalue weighted by Crippen LogP contribution is 2.21. The number of halogens is 1. The summed E-state index contributed by atoms with van der Waals surface area (Å²) < 4.78 is 13.0. The first-order chi connectivity index (χ1) is 7.15. The first-order valence-corrected chi connectivity index (χ1v) is 5.66. The highest BCUT2D eigenvalue weighted by Gasteiger charge is 2.09. The molecule has 0 aliphatic carbocycles. The van der Waals surface area contributed by atoms with E-state index in [-0.39, 0.29) is 11.9 Å². The molecule has 1 aromatic rings. The lowest BCUT2D eigenvalue weighted by molar-refractivity contribution is 0.570. The van der Waals surface area contributed by atoms with Crippen molar-refractivity contribution in [2.45, 2.75) is 45.6 Å². The summed E-state index contributed by atoms with van der Waals surface area (Å²) in [6.45, 7) is 4.15. The molecule has 0 aliphatic heterocycles. The molecule has 0 saturated carbocycles. The Balaban J connectivity index is 2.64. The predicted molar refractivity (Wildman–Crippen MR) is 62.2 cm³/mol. The molecule has 0 spiro atoms. The summed E-state index contributed by atoms with van der Waals surface area (Å²) in [6, 6.07) is 4.82. The van der Waals surface area contributed by atoms with E-state index in [4.69, 9.17) is 5.73 Å². The first kappa shape index (κ1) is 12.2. The normalized spacial score (nSPS) is 12.8. The van der Waals surface area contributed by atoms with E-state index in [0.29, 0.717) is 0 Å². The van der Waals surface area contributed by atoms with Crippen LogP contribution in [-0.4, -0.2) is 0 Å². The summed E-state index contributed by atoms with van der Waals surface area (Å²) in [4.78, 5) is 0. The third kappa shape index (κ3) is 3.63. The standard InChI is InChI=1S/C13H20FN/c1-3-4-5-6-13(15)12-9-11(14)8-7-10(12)2/h7-9,13H,3-6,15H2,1-2H3/t13-/m0/s1. The molecular weight excluding hydrogens is 189 g/mol. The van der Waals surface area contributed by atoms with Crippen LogP contribution in [0.3, 0.4) is 0 Å². The number of hydrogen-bond donors (Lipinski definition) is 1. The van der Waals surface area contributed by atoms with Crippen LogP contribution in [0.25, 0.3) is 0 Å². The largest absolute Gasteiger partial charge is 0.324 e. The van der Waals surface area contributed by atoms with Gasteiger partial charge in [-0.25, -0.2) is 4.39 Å². The summed E-state index contributed by atoms with van der Waals surface area (Å²) in [5.41, 5.74) is 8.07. The van der Waals surface area contributed by atoms with Gasteiger partial charge in [-0.1, -0.05) is 32.3 Å². The van der Waals surface area contributed by atoms with Gasteiger partial charge in [0.1, 0.15) is 5.82 Å². The smallest absolute Gasteiger partial charge is 0.123 e. The molecule has 1 nitrogen and oxygen atoms in total. The third-order valence-corrected chi connectivity index (χ3v) is 2.76. The lowest BCUT2D eigenvalue weighted by atomic mass is 9.97. The van der Waals surface area contributed by atoms with Crippen molar-refractivity contribution in [3.05, 3.63) is 35.1 Å². The third-order valence-electron chi connectivity index (χ3n) is 2.76. The fraction of sp³-hybridized carbons (Fsp3) is 0.538. The molecule has 84 valence electrons. The molecule has 1 atom stereocenters. The highest BCUT2D eigenvalue weighted by atomic mass is 19.1. The van der Waals surface area contributed by atoms with Crippen LogP contribution in [0.4, 0.5) is 4.39 Å². The zero-order chi connectivity index (χ0) is 11.3. The van der Waals surface area contributed by atoms with Crippen LogP contribution in [0.1, 0.15) is 49.8 Å². The minimum Gasteiger partial charge on any atom is -0.324 e. The number of nitrogens with two attached hydrogens (primary N) is 1. The van der Waals surface area contributed by atoms with Gasteiger partial charge in [0.15, 0.2) is 0 Å². The van der Waals surface area contributed by atoms with Crippen LogP contribution in [-0.2, 0) is 0 Å².